The van der Waals surface area contributed by atoms with E-state index in [1.807, 2.05) is 13.0 Å². The number of aliphatic hydroxyl groups is 1. The molecule has 35 heavy (non-hydrogen) atoms. The first kappa shape index (κ1) is 27.5. The van der Waals surface area contributed by atoms with Crippen molar-refractivity contribution in [3.8, 4) is 0 Å². The zero-order chi connectivity index (χ0) is 25.4. The van der Waals surface area contributed by atoms with Crippen LogP contribution in [0, 0.1) is 11.6 Å². The average molecular weight is 510 g/mol. The molecule has 1 N–H and O–H groups in total. The van der Waals surface area contributed by atoms with Crippen molar-refractivity contribution in [3.05, 3.63) is 69.7 Å². The normalized spacial score (nSPS) is 17.9. The van der Waals surface area contributed by atoms with Crippen molar-refractivity contribution in [2.75, 3.05) is 26.3 Å². The molecule has 8 heteroatoms. The number of halogens is 3. The maximum atomic E-state index is 13.9. The van der Waals surface area contributed by atoms with Crippen molar-refractivity contribution in [3.63, 3.8) is 0 Å². The van der Waals surface area contributed by atoms with E-state index < -0.39 is 18.0 Å². The Kier molecular flexibility index (Phi) is 10.5. The molecule has 0 aromatic heterocycles. The summed E-state index contributed by atoms with van der Waals surface area (Å²) < 4.78 is 38.6. The zero-order valence-electron chi connectivity index (χ0n) is 20.3. The van der Waals surface area contributed by atoms with Crippen LogP contribution in [0.1, 0.15) is 55.9 Å². The fourth-order valence-electron chi connectivity index (χ4n) is 4.62. The molecule has 1 aliphatic heterocycles. The van der Waals surface area contributed by atoms with Gasteiger partial charge in [0.2, 0.25) is 0 Å². The third-order valence-electron chi connectivity index (χ3n) is 6.39. The summed E-state index contributed by atoms with van der Waals surface area (Å²) in [6.45, 7) is 5.27. The largest absolute Gasteiger partial charge is 0.466 e. The third kappa shape index (κ3) is 8.24. The van der Waals surface area contributed by atoms with Crippen molar-refractivity contribution in [1.29, 1.82) is 0 Å². The van der Waals surface area contributed by atoms with Gasteiger partial charge in [-0.2, -0.15) is 0 Å². The summed E-state index contributed by atoms with van der Waals surface area (Å²) in [5.74, 6) is -1.10. The Morgan fingerprint density at radius 2 is 2.06 bits per heavy atom. The molecule has 5 nitrogen and oxygen atoms in total. The van der Waals surface area contributed by atoms with Crippen LogP contribution in [-0.4, -0.2) is 54.4 Å². The summed E-state index contributed by atoms with van der Waals surface area (Å²) in [7, 11) is 0. The SMILES string of the molecule is CCOC(=O)CCc1ccc(F)cc1[C@@H](C)OC[C@H](O)CN1CCC[C@H]1Cc1ccc(Cl)c(F)c1. The van der Waals surface area contributed by atoms with E-state index in [0.29, 0.717) is 31.6 Å². The molecule has 0 unspecified atom stereocenters. The fraction of sp³-hybridized carbons (Fsp3) is 0.519. The van der Waals surface area contributed by atoms with Gasteiger partial charge in [-0.15, -0.1) is 0 Å². The van der Waals surface area contributed by atoms with E-state index in [1.54, 1.807) is 19.1 Å². The Hall–Kier alpha value is -2.06. The van der Waals surface area contributed by atoms with Gasteiger partial charge in [-0.05, 0) is 87.0 Å². The lowest BCUT2D eigenvalue weighted by atomic mass is 9.99. The molecule has 0 bridgehead atoms. The van der Waals surface area contributed by atoms with Crippen LogP contribution in [0.4, 0.5) is 8.78 Å². The van der Waals surface area contributed by atoms with Gasteiger partial charge in [-0.3, -0.25) is 9.69 Å². The monoisotopic (exact) mass is 509 g/mol. The molecule has 192 valence electrons. The minimum Gasteiger partial charge on any atom is -0.466 e. The van der Waals surface area contributed by atoms with E-state index in [-0.39, 0.29) is 35.9 Å². The standard InChI is InChI=1S/C27H34ClF2NO4/c1-3-34-27(33)11-8-20-7-9-21(29)15-24(20)18(2)35-17-23(32)16-31-12-4-5-22(31)13-19-6-10-25(28)26(30)14-19/h6-7,9-10,14-15,18,22-23,32H,3-5,8,11-13,16-17H2,1-2H3/t18-,22+,23-/m1/s1. The molecule has 1 heterocycles. The number of hydrogen-bond donors (Lipinski definition) is 1. The van der Waals surface area contributed by atoms with Crippen LogP contribution in [0.25, 0.3) is 0 Å². The molecular formula is C27H34ClF2NO4. The lowest BCUT2D eigenvalue weighted by molar-refractivity contribution is -0.143. The lowest BCUT2D eigenvalue weighted by Gasteiger charge is -2.27. The van der Waals surface area contributed by atoms with Crippen molar-refractivity contribution < 1.29 is 28.2 Å². The van der Waals surface area contributed by atoms with E-state index in [9.17, 15) is 18.7 Å². The first-order valence-electron chi connectivity index (χ1n) is 12.2. The van der Waals surface area contributed by atoms with Crippen LogP contribution in [0.15, 0.2) is 36.4 Å². The van der Waals surface area contributed by atoms with Gasteiger partial charge in [0.05, 0.1) is 30.4 Å². The first-order chi connectivity index (χ1) is 16.8. The Bertz CT molecular complexity index is 990. The molecule has 3 atom stereocenters. The highest BCUT2D eigenvalue weighted by atomic mass is 35.5. The van der Waals surface area contributed by atoms with Crippen LogP contribution < -0.4 is 0 Å². The predicted octanol–water partition coefficient (Wildman–Crippen LogP) is 5.26. The highest BCUT2D eigenvalue weighted by Gasteiger charge is 2.27. The smallest absolute Gasteiger partial charge is 0.306 e. The van der Waals surface area contributed by atoms with E-state index in [0.717, 1.165) is 30.5 Å². The van der Waals surface area contributed by atoms with Gasteiger partial charge < -0.3 is 14.6 Å². The summed E-state index contributed by atoms with van der Waals surface area (Å²) in [4.78, 5) is 13.9. The summed E-state index contributed by atoms with van der Waals surface area (Å²) in [5.41, 5.74) is 2.35. The second-order valence-electron chi connectivity index (χ2n) is 9.02. The molecule has 0 spiro atoms. The van der Waals surface area contributed by atoms with E-state index >= 15 is 0 Å². The molecule has 3 rings (SSSR count). The number of carbonyl (C=O) groups is 1. The minimum absolute atomic E-state index is 0.0911. The van der Waals surface area contributed by atoms with E-state index in [2.05, 4.69) is 4.90 Å². The van der Waals surface area contributed by atoms with Crippen molar-refractivity contribution >= 4 is 17.6 Å². The molecule has 2 aromatic carbocycles. The molecule has 0 radical (unpaired) electrons. The second-order valence-corrected chi connectivity index (χ2v) is 9.43. The summed E-state index contributed by atoms with van der Waals surface area (Å²) in [5, 5.41) is 10.8. The molecule has 0 saturated carbocycles. The Morgan fingerprint density at radius 3 is 2.80 bits per heavy atom. The third-order valence-corrected chi connectivity index (χ3v) is 6.69. The van der Waals surface area contributed by atoms with Crippen molar-refractivity contribution in [2.45, 2.75) is 64.2 Å². The topological polar surface area (TPSA) is 59.0 Å². The number of benzene rings is 2. The molecule has 1 aliphatic rings. The number of likely N-dealkylation sites (tertiary alicyclic amines) is 1. The second kappa shape index (κ2) is 13.3. The first-order valence-corrected chi connectivity index (χ1v) is 12.6. The van der Waals surface area contributed by atoms with Gasteiger partial charge in [-0.25, -0.2) is 8.78 Å². The Balaban J connectivity index is 1.53. The number of carbonyl (C=O) groups excluding carboxylic acids is 1. The van der Waals surface area contributed by atoms with Gasteiger partial charge in [0, 0.05) is 19.0 Å². The van der Waals surface area contributed by atoms with Crippen molar-refractivity contribution in [1.82, 2.24) is 4.90 Å². The number of aryl methyl sites for hydroxylation is 1. The fourth-order valence-corrected chi connectivity index (χ4v) is 4.73. The van der Waals surface area contributed by atoms with Crippen molar-refractivity contribution in [2.24, 2.45) is 0 Å². The minimum atomic E-state index is -0.725. The number of rotatable bonds is 12. The Morgan fingerprint density at radius 1 is 1.26 bits per heavy atom. The quantitative estimate of drug-likeness (QED) is 0.395. The van der Waals surface area contributed by atoms with Crippen LogP contribution in [-0.2, 0) is 27.1 Å². The lowest BCUT2D eigenvalue weighted by Crippen LogP contribution is -2.39. The van der Waals surface area contributed by atoms with Crippen LogP contribution in [0.2, 0.25) is 5.02 Å². The average Bonchev–Trinajstić information content (AvgIpc) is 3.25. The zero-order valence-corrected chi connectivity index (χ0v) is 21.1. The molecule has 2 aromatic rings. The molecule has 1 saturated heterocycles. The van der Waals surface area contributed by atoms with Gasteiger partial charge in [0.1, 0.15) is 11.6 Å². The van der Waals surface area contributed by atoms with Crippen LogP contribution in [0.3, 0.4) is 0 Å². The molecule has 0 amide bonds. The molecule has 1 fully saturated rings. The number of ether oxygens (including phenoxy) is 2. The van der Waals surface area contributed by atoms with Gasteiger partial charge >= 0.3 is 5.97 Å². The van der Waals surface area contributed by atoms with Gasteiger partial charge in [0.25, 0.3) is 0 Å². The van der Waals surface area contributed by atoms with E-state index in [4.69, 9.17) is 21.1 Å². The number of esters is 1. The maximum Gasteiger partial charge on any atom is 0.306 e. The van der Waals surface area contributed by atoms with Crippen LogP contribution >= 0.6 is 11.6 Å². The number of β-amino-alcohol motifs (C(OH)–C–C–N with tert-alkyl or cyclic N) is 1. The Labute approximate surface area is 211 Å². The summed E-state index contributed by atoms with van der Waals surface area (Å²) in [6.07, 6.45) is 2.12. The van der Waals surface area contributed by atoms with Gasteiger partial charge in [0.15, 0.2) is 0 Å². The maximum absolute atomic E-state index is 13.9. The predicted molar refractivity (Wildman–Crippen MR) is 131 cm³/mol. The number of aliphatic hydroxyl groups excluding tert-OH is 1. The number of nitrogens with zero attached hydrogens (tertiary/aromatic N) is 1. The van der Waals surface area contributed by atoms with Crippen LogP contribution in [0.5, 0.6) is 0 Å². The molecule has 0 aliphatic carbocycles. The van der Waals surface area contributed by atoms with E-state index in [1.165, 1.54) is 18.2 Å². The molecular weight excluding hydrogens is 476 g/mol. The van der Waals surface area contributed by atoms with Gasteiger partial charge in [-0.1, -0.05) is 23.7 Å². The summed E-state index contributed by atoms with van der Waals surface area (Å²) in [6, 6.07) is 9.53. The highest BCUT2D eigenvalue weighted by molar-refractivity contribution is 6.30. The number of hydrogen-bond acceptors (Lipinski definition) is 5. The summed E-state index contributed by atoms with van der Waals surface area (Å²) >= 11 is 5.79. The highest BCUT2D eigenvalue weighted by Crippen LogP contribution is 2.26.